The van der Waals surface area contributed by atoms with Crippen LogP contribution in [0.2, 0.25) is 0 Å². The maximum Gasteiger partial charge on any atom is 0.224 e. The summed E-state index contributed by atoms with van der Waals surface area (Å²) in [6.07, 6.45) is 1.05. The molecular weight excluding hydrogens is 386 g/mol. The Hall–Kier alpha value is -2.21. The van der Waals surface area contributed by atoms with Crippen molar-refractivity contribution in [2.45, 2.75) is 12.8 Å². The molecule has 2 aromatic rings. The highest BCUT2D eigenvalue weighted by Crippen LogP contribution is 2.27. The summed E-state index contributed by atoms with van der Waals surface area (Å²) in [4.78, 5) is 12.1. The number of nitrogens with one attached hydrogen (secondary N) is 1. The normalized spacial score (nSPS) is 10.2. The van der Waals surface area contributed by atoms with Gasteiger partial charge in [0.05, 0.1) is 32.2 Å². The van der Waals surface area contributed by atoms with Crippen molar-refractivity contribution in [3.05, 3.63) is 52.0 Å². The number of carbonyl (C=O) groups excluding carboxylic acids is 1. The Morgan fingerprint density at radius 3 is 2.20 bits per heavy atom. The number of carbonyl (C=O) groups is 1. The molecule has 0 saturated carbocycles. The van der Waals surface area contributed by atoms with Crippen molar-refractivity contribution in [2.75, 3.05) is 27.9 Å². The fourth-order valence-corrected chi connectivity index (χ4v) is 3.04. The molecule has 6 heteroatoms. The molecule has 0 spiro atoms. The quantitative estimate of drug-likeness (QED) is 0.728. The fraction of sp³-hybridized carbons (Fsp3) is 0.316. The number of rotatable bonds is 8. The Morgan fingerprint density at radius 1 is 0.920 bits per heavy atom. The van der Waals surface area contributed by atoms with E-state index < -0.39 is 0 Å². The predicted octanol–water partition coefficient (Wildman–Crippen LogP) is 3.38. The van der Waals surface area contributed by atoms with Gasteiger partial charge in [0.1, 0.15) is 5.75 Å². The van der Waals surface area contributed by atoms with E-state index in [0.717, 1.165) is 27.8 Å². The topological polar surface area (TPSA) is 56.8 Å². The highest BCUT2D eigenvalue weighted by atomic mass is 79.9. The van der Waals surface area contributed by atoms with E-state index >= 15 is 0 Å². The molecule has 0 heterocycles. The van der Waals surface area contributed by atoms with Crippen LogP contribution < -0.4 is 19.5 Å². The number of methoxy groups -OCH3 is 3. The zero-order valence-corrected chi connectivity index (χ0v) is 16.2. The molecule has 0 fully saturated rings. The van der Waals surface area contributed by atoms with Gasteiger partial charge in [-0.25, -0.2) is 0 Å². The molecule has 0 aliphatic rings. The lowest BCUT2D eigenvalue weighted by Crippen LogP contribution is -2.27. The van der Waals surface area contributed by atoms with Crippen molar-refractivity contribution in [1.82, 2.24) is 5.32 Å². The van der Waals surface area contributed by atoms with Gasteiger partial charge in [-0.15, -0.1) is 0 Å². The van der Waals surface area contributed by atoms with Crippen molar-refractivity contribution in [3.63, 3.8) is 0 Å². The minimum Gasteiger partial charge on any atom is -0.496 e. The summed E-state index contributed by atoms with van der Waals surface area (Å²) in [5.41, 5.74) is 2.00. The Labute approximate surface area is 156 Å². The predicted molar refractivity (Wildman–Crippen MR) is 101 cm³/mol. The highest BCUT2D eigenvalue weighted by Gasteiger charge is 2.08. The van der Waals surface area contributed by atoms with Gasteiger partial charge in [0, 0.05) is 6.54 Å². The van der Waals surface area contributed by atoms with Crippen molar-refractivity contribution in [3.8, 4) is 17.2 Å². The summed E-state index contributed by atoms with van der Waals surface area (Å²) in [6.45, 7) is 0.561. The van der Waals surface area contributed by atoms with Crippen LogP contribution in [0.1, 0.15) is 11.1 Å². The van der Waals surface area contributed by atoms with E-state index in [9.17, 15) is 4.79 Å². The zero-order valence-electron chi connectivity index (χ0n) is 14.6. The molecule has 1 N–H and O–H groups in total. The molecule has 5 nitrogen and oxygen atoms in total. The van der Waals surface area contributed by atoms with Crippen molar-refractivity contribution in [1.29, 1.82) is 0 Å². The monoisotopic (exact) mass is 407 g/mol. The molecule has 0 aliphatic carbocycles. The summed E-state index contributed by atoms with van der Waals surface area (Å²) in [5.74, 6) is 2.12. The van der Waals surface area contributed by atoms with E-state index in [1.54, 1.807) is 21.3 Å². The van der Waals surface area contributed by atoms with Gasteiger partial charge in [-0.3, -0.25) is 4.79 Å². The van der Waals surface area contributed by atoms with Crippen LogP contribution in [-0.2, 0) is 17.6 Å². The summed E-state index contributed by atoms with van der Waals surface area (Å²) >= 11 is 3.43. The first-order valence-electron chi connectivity index (χ1n) is 7.87. The van der Waals surface area contributed by atoms with Gasteiger partial charge in [-0.2, -0.15) is 0 Å². The van der Waals surface area contributed by atoms with E-state index in [4.69, 9.17) is 14.2 Å². The van der Waals surface area contributed by atoms with E-state index in [0.29, 0.717) is 24.5 Å². The summed E-state index contributed by atoms with van der Waals surface area (Å²) < 4.78 is 16.5. The highest BCUT2D eigenvalue weighted by molar-refractivity contribution is 9.10. The van der Waals surface area contributed by atoms with Crippen molar-refractivity contribution in [2.24, 2.45) is 0 Å². The number of hydrogen-bond acceptors (Lipinski definition) is 4. The first-order chi connectivity index (χ1) is 12.1. The SMILES string of the molecule is COc1ccc(CC(=O)NCCc2ccc(OC)c(OC)c2)cc1Br. The molecule has 0 unspecified atom stereocenters. The maximum absolute atomic E-state index is 12.1. The van der Waals surface area contributed by atoms with Crippen LogP contribution in [0, 0.1) is 0 Å². The van der Waals surface area contributed by atoms with Gasteiger partial charge < -0.3 is 19.5 Å². The molecule has 25 heavy (non-hydrogen) atoms. The fourth-order valence-electron chi connectivity index (χ4n) is 2.45. The summed E-state index contributed by atoms with van der Waals surface area (Å²) in [6, 6.07) is 11.4. The molecule has 0 aromatic heterocycles. The molecule has 0 saturated heterocycles. The first-order valence-corrected chi connectivity index (χ1v) is 8.66. The van der Waals surface area contributed by atoms with Crippen LogP contribution in [0.5, 0.6) is 17.2 Å². The van der Waals surface area contributed by atoms with Gasteiger partial charge in [0.15, 0.2) is 11.5 Å². The van der Waals surface area contributed by atoms with E-state index in [-0.39, 0.29) is 5.91 Å². The third-order valence-corrected chi connectivity index (χ3v) is 4.38. The third-order valence-electron chi connectivity index (χ3n) is 3.76. The average Bonchev–Trinajstić information content (AvgIpc) is 2.61. The Bertz CT molecular complexity index is 733. The minimum absolute atomic E-state index is 0.0162. The lowest BCUT2D eigenvalue weighted by atomic mass is 10.1. The molecule has 2 rings (SSSR count). The average molecular weight is 408 g/mol. The van der Waals surface area contributed by atoms with Crippen LogP contribution >= 0.6 is 15.9 Å². The van der Waals surface area contributed by atoms with Crippen LogP contribution in [0.4, 0.5) is 0 Å². The standard InChI is InChI=1S/C19H22BrNO4/c1-23-16-6-5-14(10-15(16)20)12-19(22)21-9-8-13-4-7-17(24-2)18(11-13)25-3/h4-7,10-11H,8-9,12H2,1-3H3,(H,21,22). The van der Waals surface area contributed by atoms with Gasteiger partial charge in [-0.05, 0) is 57.7 Å². The molecule has 0 bridgehead atoms. The van der Waals surface area contributed by atoms with E-state index in [2.05, 4.69) is 21.2 Å². The third kappa shape index (κ3) is 5.39. The van der Waals surface area contributed by atoms with Crippen LogP contribution in [0.15, 0.2) is 40.9 Å². The Kier molecular flexibility index (Phi) is 7.13. The largest absolute Gasteiger partial charge is 0.496 e. The number of halogens is 1. The molecule has 0 aliphatic heterocycles. The van der Waals surface area contributed by atoms with Crippen LogP contribution in [-0.4, -0.2) is 33.8 Å². The number of hydrogen-bond donors (Lipinski definition) is 1. The maximum atomic E-state index is 12.1. The Morgan fingerprint density at radius 2 is 1.56 bits per heavy atom. The minimum atomic E-state index is -0.0162. The molecule has 2 aromatic carbocycles. The van der Waals surface area contributed by atoms with E-state index in [1.807, 2.05) is 36.4 Å². The molecule has 0 radical (unpaired) electrons. The zero-order chi connectivity index (χ0) is 18.2. The molecule has 0 atom stereocenters. The number of ether oxygens (including phenoxy) is 3. The van der Waals surface area contributed by atoms with E-state index in [1.165, 1.54) is 0 Å². The molecule has 1 amide bonds. The lowest BCUT2D eigenvalue weighted by molar-refractivity contribution is -0.120. The van der Waals surface area contributed by atoms with Gasteiger partial charge >= 0.3 is 0 Å². The summed E-state index contributed by atoms with van der Waals surface area (Å²) in [7, 11) is 4.83. The second kappa shape index (κ2) is 9.32. The van der Waals surface area contributed by atoms with Crippen molar-refractivity contribution >= 4 is 21.8 Å². The number of amides is 1. The smallest absolute Gasteiger partial charge is 0.224 e. The van der Waals surface area contributed by atoms with Gasteiger partial charge in [0.25, 0.3) is 0 Å². The number of benzene rings is 2. The van der Waals surface area contributed by atoms with Crippen molar-refractivity contribution < 1.29 is 19.0 Å². The Balaban J connectivity index is 1.85. The first kappa shape index (κ1) is 19.1. The van der Waals surface area contributed by atoms with Crippen LogP contribution in [0.3, 0.4) is 0 Å². The molecular formula is C19H22BrNO4. The molecule has 134 valence electrons. The van der Waals surface area contributed by atoms with Gasteiger partial charge in [-0.1, -0.05) is 12.1 Å². The second-order valence-electron chi connectivity index (χ2n) is 5.43. The second-order valence-corrected chi connectivity index (χ2v) is 6.29. The van der Waals surface area contributed by atoms with Crippen LogP contribution in [0.25, 0.3) is 0 Å². The summed E-state index contributed by atoms with van der Waals surface area (Å²) in [5, 5.41) is 2.94. The van der Waals surface area contributed by atoms with Gasteiger partial charge in [0.2, 0.25) is 5.91 Å². The lowest BCUT2D eigenvalue weighted by Gasteiger charge is -2.10.